The van der Waals surface area contributed by atoms with E-state index >= 15 is 0 Å². The summed E-state index contributed by atoms with van der Waals surface area (Å²) in [6, 6.07) is 18.4. The fourth-order valence-corrected chi connectivity index (χ4v) is 2.60. The summed E-state index contributed by atoms with van der Waals surface area (Å²) in [5.74, 6) is -0.0399. The highest BCUT2D eigenvalue weighted by Crippen LogP contribution is 2.16. The van der Waals surface area contributed by atoms with Crippen LogP contribution in [0.15, 0.2) is 54.6 Å². The lowest BCUT2D eigenvalue weighted by atomic mass is 10.1. The number of aromatic amines is 1. The summed E-state index contributed by atoms with van der Waals surface area (Å²) >= 11 is 0. The molecule has 0 spiro atoms. The van der Waals surface area contributed by atoms with E-state index in [9.17, 15) is 4.79 Å². The largest absolute Gasteiger partial charge is 0.351 e. The van der Waals surface area contributed by atoms with Crippen LogP contribution in [0.25, 0.3) is 10.9 Å². The molecule has 0 radical (unpaired) electrons. The molecule has 0 bridgehead atoms. The second-order valence-electron chi connectivity index (χ2n) is 5.62. The lowest BCUT2D eigenvalue weighted by Gasteiger charge is -2.04. The van der Waals surface area contributed by atoms with Crippen LogP contribution in [0.2, 0.25) is 0 Å². The molecule has 0 atom stereocenters. The molecule has 2 aromatic carbocycles. The Morgan fingerprint density at radius 1 is 1.09 bits per heavy atom. The van der Waals surface area contributed by atoms with E-state index in [1.165, 1.54) is 11.1 Å². The van der Waals surface area contributed by atoms with Crippen molar-refractivity contribution in [2.45, 2.75) is 19.8 Å². The predicted octanol–water partition coefficient (Wildman–Crippen LogP) is 3.84. The summed E-state index contributed by atoms with van der Waals surface area (Å²) < 4.78 is 0. The molecule has 3 rings (SSSR count). The van der Waals surface area contributed by atoms with Crippen LogP contribution in [0.3, 0.4) is 0 Å². The summed E-state index contributed by atoms with van der Waals surface area (Å²) in [6.07, 6.45) is 1.92. The van der Waals surface area contributed by atoms with Crippen LogP contribution in [0, 0.1) is 6.92 Å². The minimum Gasteiger partial charge on any atom is -0.351 e. The highest BCUT2D eigenvalue weighted by molar-refractivity contribution is 5.98. The number of H-pyrrole nitrogens is 1. The molecule has 0 saturated carbocycles. The molecule has 22 heavy (non-hydrogen) atoms. The van der Waals surface area contributed by atoms with E-state index in [1.807, 2.05) is 37.3 Å². The summed E-state index contributed by atoms with van der Waals surface area (Å²) in [7, 11) is 0. The third-order valence-corrected chi connectivity index (χ3v) is 3.79. The maximum Gasteiger partial charge on any atom is 0.267 e. The van der Waals surface area contributed by atoms with E-state index in [0.29, 0.717) is 12.2 Å². The van der Waals surface area contributed by atoms with Crippen molar-refractivity contribution in [3.63, 3.8) is 0 Å². The fraction of sp³-hybridized carbons (Fsp3) is 0.211. The molecule has 3 nitrogen and oxygen atoms in total. The van der Waals surface area contributed by atoms with E-state index in [1.54, 1.807) is 0 Å². The van der Waals surface area contributed by atoms with Crippen molar-refractivity contribution in [1.29, 1.82) is 0 Å². The Hall–Kier alpha value is -2.55. The summed E-state index contributed by atoms with van der Waals surface area (Å²) in [4.78, 5) is 15.4. The fourth-order valence-electron chi connectivity index (χ4n) is 2.60. The Bertz CT molecular complexity index is 774. The van der Waals surface area contributed by atoms with Gasteiger partial charge in [-0.25, -0.2) is 0 Å². The molecule has 0 unspecified atom stereocenters. The van der Waals surface area contributed by atoms with Crippen LogP contribution < -0.4 is 5.32 Å². The first kappa shape index (κ1) is 14.4. The van der Waals surface area contributed by atoms with Crippen molar-refractivity contribution >= 4 is 16.8 Å². The van der Waals surface area contributed by atoms with E-state index in [-0.39, 0.29) is 5.91 Å². The smallest absolute Gasteiger partial charge is 0.267 e. The number of benzene rings is 2. The van der Waals surface area contributed by atoms with Gasteiger partial charge in [-0.3, -0.25) is 4.79 Å². The van der Waals surface area contributed by atoms with E-state index < -0.39 is 0 Å². The second-order valence-corrected chi connectivity index (χ2v) is 5.62. The molecule has 0 saturated heterocycles. The molecule has 1 heterocycles. The van der Waals surface area contributed by atoms with Gasteiger partial charge in [0.1, 0.15) is 5.69 Å². The Labute approximate surface area is 130 Å². The van der Waals surface area contributed by atoms with Crippen LogP contribution >= 0.6 is 0 Å². The Morgan fingerprint density at radius 2 is 1.91 bits per heavy atom. The van der Waals surface area contributed by atoms with Gasteiger partial charge in [0.15, 0.2) is 0 Å². The molecular formula is C19H20N2O. The normalized spacial score (nSPS) is 10.8. The van der Waals surface area contributed by atoms with Crippen LogP contribution in [0.4, 0.5) is 0 Å². The lowest BCUT2D eigenvalue weighted by Crippen LogP contribution is -2.25. The monoisotopic (exact) mass is 292 g/mol. The van der Waals surface area contributed by atoms with E-state index in [0.717, 1.165) is 23.7 Å². The number of aryl methyl sites for hydroxylation is 2. The molecular weight excluding hydrogens is 272 g/mol. The summed E-state index contributed by atoms with van der Waals surface area (Å²) in [5.41, 5.74) is 4.12. The number of amides is 1. The van der Waals surface area contributed by atoms with Crippen molar-refractivity contribution in [3.8, 4) is 0 Å². The molecule has 1 amide bonds. The number of nitrogens with one attached hydrogen (secondary N) is 2. The third kappa shape index (κ3) is 3.37. The standard InChI is InChI=1S/C19H20N2O/c1-14-9-10-16-13-18(21-17(16)12-14)19(22)20-11-5-8-15-6-3-2-4-7-15/h2-4,6-7,9-10,12-13,21H,5,8,11H2,1H3,(H,20,22). The predicted molar refractivity (Wildman–Crippen MR) is 90.1 cm³/mol. The van der Waals surface area contributed by atoms with Gasteiger partial charge in [0.2, 0.25) is 0 Å². The maximum atomic E-state index is 12.2. The van der Waals surface area contributed by atoms with Gasteiger partial charge in [0, 0.05) is 17.4 Å². The molecule has 0 fully saturated rings. The topological polar surface area (TPSA) is 44.9 Å². The number of hydrogen-bond acceptors (Lipinski definition) is 1. The van der Waals surface area contributed by atoms with Crippen molar-refractivity contribution in [2.75, 3.05) is 6.54 Å². The summed E-state index contributed by atoms with van der Waals surface area (Å²) in [6.45, 7) is 2.73. The van der Waals surface area contributed by atoms with Crippen LogP contribution in [0.1, 0.15) is 28.0 Å². The lowest BCUT2D eigenvalue weighted by molar-refractivity contribution is 0.0949. The van der Waals surface area contributed by atoms with E-state index in [4.69, 9.17) is 0 Å². The molecule has 3 aromatic rings. The van der Waals surface area contributed by atoms with Gasteiger partial charge in [-0.15, -0.1) is 0 Å². The molecule has 1 aromatic heterocycles. The van der Waals surface area contributed by atoms with Gasteiger partial charge in [-0.2, -0.15) is 0 Å². The van der Waals surface area contributed by atoms with Crippen molar-refractivity contribution < 1.29 is 4.79 Å². The van der Waals surface area contributed by atoms with E-state index in [2.05, 4.69) is 34.6 Å². The molecule has 2 N–H and O–H groups in total. The first-order valence-electron chi connectivity index (χ1n) is 7.64. The number of carbonyl (C=O) groups is 1. The first-order valence-corrected chi connectivity index (χ1v) is 7.64. The zero-order valence-electron chi connectivity index (χ0n) is 12.7. The minimum absolute atomic E-state index is 0.0399. The van der Waals surface area contributed by atoms with Gasteiger partial charge < -0.3 is 10.3 Å². The van der Waals surface area contributed by atoms with Crippen molar-refractivity contribution in [2.24, 2.45) is 0 Å². The van der Waals surface area contributed by atoms with Gasteiger partial charge >= 0.3 is 0 Å². The number of rotatable bonds is 5. The number of hydrogen-bond donors (Lipinski definition) is 2. The van der Waals surface area contributed by atoms with Crippen molar-refractivity contribution in [3.05, 3.63) is 71.4 Å². The van der Waals surface area contributed by atoms with Crippen LogP contribution in [-0.4, -0.2) is 17.4 Å². The number of fused-ring (bicyclic) bond motifs is 1. The first-order chi connectivity index (χ1) is 10.7. The minimum atomic E-state index is -0.0399. The van der Waals surface area contributed by atoms with Crippen molar-refractivity contribution in [1.82, 2.24) is 10.3 Å². The van der Waals surface area contributed by atoms with Gasteiger partial charge in [0.25, 0.3) is 5.91 Å². The molecule has 112 valence electrons. The molecule has 3 heteroatoms. The Kier molecular flexibility index (Phi) is 4.24. The molecule has 0 aliphatic heterocycles. The number of aromatic nitrogens is 1. The highest BCUT2D eigenvalue weighted by atomic mass is 16.1. The summed E-state index contributed by atoms with van der Waals surface area (Å²) in [5, 5.41) is 4.04. The van der Waals surface area contributed by atoms with Gasteiger partial charge in [0.05, 0.1) is 0 Å². The average Bonchev–Trinajstić information content (AvgIpc) is 2.95. The Morgan fingerprint density at radius 3 is 2.73 bits per heavy atom. The number of carbonyl (C=O) groups excluding carboxylic acids is 1. The van der Waals surface area contributed by atoms with Crippen LogP contribution in [0.5, 0.6) is 0 Å². The van der Waals surface area contributed by atoms with Gasteiger partial charge in [-0.05, 0) is 43.0 Å². The second kappa shape index (κ2) is 6.48. The Balaban J connectivity index is 1.54. The zero-order valence-corrected chi connectivity index (χ0v) is 12.7. The molecule has 0 aliphatic rings. The third-order valence-electron chi connectivity index (χ3n) is 3.79. The van der Waals surface area contributed by atoms with Gasteiger partial charge in [-0.1, -0.05) is 42.5 Å². The zero-order chi connectivity index (χ0) is 15.4. The SMILES string of the molecule is Cc1ccc2cc(C(=O)NCCCc3ccccc3)[nH]c2c1. The quantitative estimate of drug-likeness (QED) is 0.690. The maximum absolute atomic E-state index is 12.2. The molecule has 0 aliphatic carbocycles. The van der Waals surface area contributed by atoms with Crippen LogP contribution in [-0.2, 0) is 6.42 Å². The average molecular weight is 292 g/mol. The highest BCUT2D eigenvalue weighted by Gasteiger charge is 2.08.